The standard InChI is InChI=1S/C15H19NS/c1-2-13-10-11-17-15(13)14(16)9-8-12-6-4-3-5-7-12/h3-7,10-11,14H,2,8-9,16H2,1H3. The molecule has 1 atom stereocenters. The van der Waals surface area contributed by atoms with E-state index in [4.69, 9.17) is 5.73 Å². The van der Waals surface area contributed by atoms with Gasteiger partial charge in [-0.2, -0.15) is 0 Å². The maximum absolute atomic E-state index is 6.27. The third kappa shape index (κ3) is 3.18. The summed E-state index contributed by atoms with van der Waals surface area (Å²) in [5.74, 6) is 0. The highest BCUT2D eigenvalue weighted by molar-refractivity contribution is 7.10. The van der Waals surface area contributed by atoms with Crippen LogP contribution in [-0.4, -0.2) is 0 Å². The van der Waals surface area contributed by atoms with Crippen molar-refractivity contribution in [1.29, 1.82) is 0 Å². The van der Waals surface area contributed by atoms with Gasteiger partial charge in [0.25, 0.3) is 0 Å². The number of nitrogens with two attached hydrogens (primary N) is 1. The second kappa shape index (κ2) is 5.99. The Bertz CT molecular complexity index is 447. The minimum atomic E-state index is 0.185. The van der Waals surface area contributed by atoms with E-state index >= 15 is 0 Å². The van der Waals surface area contributed by atoms with Crippen LogP contribution in [0.3, 0.4) is 0 Å². The van der Waals surface area contributed by atoms with Gasteiger partial charge in [-0.15, -0.1) is 11.3 Å². The van der Waals surface area contributed by atoms with Crippen LogP contribution >= 0.6 is 11.3 Å². The lowest BCUT2D eigenvalue weighted by atomic mass is 10.0. The molecular weight excluding hydrogens is 226 g/mol. The Kier molecular flexibility index (Phi) is 4.35. The van der Waals surface area contributed by atoms with E-state index in [0.29, 0.717) is 0 Å². The number of hydrogen-bond acceptors (Lipinski definition) is 2. The molecule has 1 aromatic heterocycles. The Labute approximate surface area is 107 Å². The molecule has 2 rings (SSSR count). The topological polar surface area (TPSA) is 26.0 Å². The Hall–Kier alpha value is -1.12. The molecule has 1 aromatic carbocycles. The normalized spacial score (nSPS) is 12.6. The molecule has 0 spiro atoms. The van der Waals surface area contributed by atoms with Crippen molar-refractivity contribution in [1.82, 2.24) is 0 Å². The number of aryl methyl sites for hydroxylation is 2. The Morgan fingerprint density at radius 1 is 1.18 bits per heavy atom. The minimum Gasteiger partial charge on any atom is -0.323 e. The van der Waals surface area contributed by atoms with Crippen LogP contribution in [0.25, 0.3) is 0 Å². The van der Waals surface area contributed by atoms with E-state index in [1.807, 2.05) is 0 Å². The number of rotatable bonds is 5. The monoisotopic (exact) mass is 245 g/mol. The predicted molar refractivity (Wildman–Crippen MR) is 75.4 cm³/mol. The SMILES string of the molecule is CCc1ccsc1C(N)CCc1ccccc1. The molecule has 90 valence electrons. The summed E-state index contributed by atoms with van der Waals surface area (Å²) < 4.78 is 0. The van der Waals surface area contributed by atoms with E-state index in [-0.39, 0.29) is 6.04 Å². The van der Waals surface area contributed by atoms with Gasteiger partial charge in [-0.1, -0.05) is 37.3 Å². The molecular formula is C15H19NS. The van der Waals surface area contributed by atoms with Gasteiger partial charge in [-0.25, -0.2) is 0 Å². The van der Waals surface area contributed by atoms with Gasteiger partial charge in [0.1, 0.15) is 0 Å². The van der Waals surface area contributed by atoms with Crippen LogP contribution in [0.1, 0.15) is 35.4 Å². The van der Waals surface area contributed by atoms with Crippen LogP contribution in [0.15, 0.2) is 41.8 Å². The third-order valence-corrected chi connectivity index (χ3v) is 4.18. The van der Waals surface area contributed by atoms with E-state index in [2.05, 4.69) is 48.7 Å². The first-order valence-corrected chi connectivity index (χ1v) is 7.05. The van der Waals surface area contributed by atoms with Gasteiger partial charge in [0, 0.05) is 10.9 Å². The summed E-state index contributed by atoms with van der Waals surface area (Å²) in [5, 5.41) is 2.15. The first-order chi connectivity index (χ1) is 8.31. The van der Waals surface area contributed by atoms with Crippen molar-refractivity contribution >= 4 is 11.3 Å². The number of thiophene rings is 1. The van der Waals surface area contributed by atoms with Crippen LogP contribution in [-0.2, 0) is 12.8 Å². The molecule has 0 amide bonds. The summed E-state index contributed by atoms with van der Waals surface area (Å²) in [6.45, 7) is 2.19. The smallest absolute Gasteiger partial charge is 0.0395 e. The Balaban J connectivity index is 1.96. The summed E-state index contributed by atoms with van der Waals surface area (Å²) >= 11 is 1.79. The maximum atomic E-state index is 6.27. The molecule has 2 aromatic rings. The minimum absolute atomic E-state index is 0.185. The highest BCUT2D eigenvalue weighted by Crippen LogP contribution is 2.26. The van der Waals surface area contributed by atoms with Crippen molar-refractivity contribution in [2.75, 3.05) is 0 Å². The summed E-state index contributed by atoms with van der Waals surface area (Å²) in [4.78, 5) is 1.36. The maximum Gasteiger partial charge on any atom is 0.0395 e. The van der Waals surface area contributed by atoms with Crippen LogP contribution < -0.4 is 5.73 Å². The second-order valence-corrected chi connectivity index (χ2v) is 5.24. The molecule has 1 heterocycles. The van der Waals surface area contributed by atoms with E-state index < -0.39 is 0 Å². The van der Waals surface area contributed by atoms with Gasteiger partial charge < -0.3 is 5.73 Å². The summed E-state index contributed by atoms with van der Waals surface area (Å²) in [6, 6.07) is 12.9. The van der Waals surface area contributed by atoms with Crippen molar-refractivity contribution in [3.63, 3.8) is 0 Å². The van der Waals surface area contributed by atoms with Gasteiger partial charge in [-0.05, 0) is 41.8 Å². The van der Waals surface area contributed by atoms with Crippen molar-refractivity contribution in [3.05, 3.63) is 57.8 Å². The van der Waals surface area contributed by atoms with Gasteiger partial charge in [0.2, 0.25) is 0 Å². The highest BCUT2D eigenvalue weighted by Gasteiger charge is 2.11. The Morgan fingerprint density at radius 2 is 1.94 bits per heavy atom. The van der Waals surface area contributed by atoms with Crippen molar-refractivity contribution in [2.45, 2.75) is 32.2 Å². The molecule has 0 aliphatic heterocycles. The molecule has 17 heavy (non-hydrogen) atoms. The van der Waals surface area contributed by atoms with Crippen LogP contribution in [0, 0.1) is 0 Å². The molecule has 0 bridgehead atoms. The molecule has 2 N–H and O–H groups in total. The quantitative estimate of drug-likeness (QED) is 0.848. The highest BCUT2D eigenvalue weighted by atomic mass is 32.1. The summed E-state index contributed by atoms with van der Waals surface area (Å²) in [7, 11) is 0. The average Bonchev–Trinajstić information content (AvgIpc) is 2.85. The average molecular weight is 245 g/mol. The number of hydrogen-bond donors (Lipinski definition) is 1. The largest absolute Gasteiger partial charge is 0.323 e. The predicted octanol–water partition coefficient (Wildman–Crippen LogP) is 3.94. The van der Waals surface area contributed by atoms with E-state index in [0.717, 1.165) is 19.3 Å². The van der Waals surface area contributed by atoms with E-state index in [9.17, 15) is 0 Å². The molecule has 1 nitrogen and oxygen atoms in total. The third-order valence-electron chi connectivity index (χ3n) is 3.09. The van der Waals surface area contributed by atoms with E-state index in [1.54, 1.807) is 11.3 Å². The lowest BCUT2D eigenvalue weighted by Gasteiger charge is -2.11. The number of benzene rings is 1. The van der Waals surface area contributed by atoms with Crippen molar-refractivity contribution < 1.29 is 0 Å². The zero-order valence-corrected chi connectivity index (χ0v) is 11.0. The van der Waals surface area contributed by atoms with Crippen LogP contribution in [0.5, 0.6) is 0 Å². The fraction of sp³-hybridized carbons (Fsp3) is 0.333. The van der Waals surface area contributed by atoms with Crippen LogP contribution in [0.2, 0.25) is 0 Å². The van der Waals surface area contributed by atoms with Crippen molar-refractivity contribution in [3.8, 4) is 0 Å². The first-order valence-electron chi connectivity index (χ1n) is 6.17. The molecule has 1 unspecified atom stereocenters. The molecule has 2 heteroatoms. The molecule has 0 saturated carbocycles. The van der Waals surface area contributed by atoms with Gasteiger partial charge in [0.05, 0.1) is 0 Å². The fourth-order valence-corrected chi connectivity index (χ4v) is 3.10. The van der Waals surface area contributed by atoms with Gasteiger partial charge >= 0.3 is 0 Å². The van der Waals surface area contributed by atoms with Gasteiger partial charge in [0.15, 0.2) is 0 Å². The van der Waals surface area contributed by atoms with Crippen molar-refractivity contribution in [2.24, 2.45) is 5.73 Å². The first kappa shape index (κ1) is 12.3. The zero-order valence-electron chi connectivity index (χ0n) is 10.2. The van der Waals surface area contributed by atoms with Crippen LogP contribution in [0.4, 0.5) is 0 Å². The lowest BCUT2D eigenvalue weighted by Crippen LogP contribution is -2.11. The molecule has 0 aliphatic carbocycles. The Morgan fingerprint density at radius 3 is 2.65 bits per heavy atom. The molecule has 0 fully saturated rings. The van der Waals surface area contributed by atoms with E-state index in [1.165, 1.54) is 16.0 Å². The summed E-state index contributed by atoms with van der Waals surface area (Å²) in [5.41, 5.74) is 9.06. The zero-order chi connectivity index (χ0) is 12.1. The molecule has 0 saturated heterocycles. The van der Waals surface area contributed by atoms with Gasteiger partial charge in [-0.3, -0.25) is 0 Å². The summed E-state index contributed by atoms with van der Waals surface area (Å²) in [6.07, 6.45) is 3.17. The molecule has 0 radical (unpaired) electrons. The lowest BCUT2D eigenvalue weighted by molar-refractivity contribution is 0.657. The second-order valence-electron chi connectivity index (χ2n) is 4.29. The fourth-order valence-electron chi connectivity index (χ4n) is 2.06. The molecule has 0 aliphatic rings.